The van der Waals surface area contributed by atoms with Gasteiger partial charge < -0.3 is 10.6 Å². The Morgan fingerprint density at radius 2 is 1.93 bits per heavy atom. The second kappa shape index (κ2) is 9.29. The van der Waals surface area contributed by atoms with Gasteiger partial charge in [0.05, 0.1) is 18.6 Å². The van der Waals surface area contributed by atoms with E-state index in [0.717, 1.165) is 21.6 Å². The molecule has 0 fully saturated rings. The Morgan fingerprint density at radius 3 is 2.54 bits per heavy atom. The highest BCUT2D eigenvalue weighted by Gasteiger charge is 2.10. The molecular weight excluding hydrogens is 383 g/mol. The molecule has 0 radical (unpaired) electrons. The molecular formula is C19H22ClFN6O. The fraction of sp³-hybridized carbons (Fsp3) is 0.211. The van der Waals surface area contributed by atoms with Crippen molar-refractivity contribution in [1.29, 1.82) is 0 Å². The maximum atomic E-state index is 12.7. The predicted octanol–water partition coefficient (Wildman–Crippen LogP) is 2.40. The maximum absolute atomic E-state index is 12.7. The number of benzene rings is 1. The Hall–Kier alpha value is -2.97. The maximum Gasteiger partial charge on any atom is 0.351 e. The number of anilines is 1. The Morgan fingerprint density at radius 1 is 1.21 bits per heavy atom. The van der Waals surface area contributed by atoms with Crippen LogP contribution in [0.25, 0.3) is 17.1 Å². The van der Waals surface area contributed by atoms with Gasteiger partial charge in [-0.25, -0.2) is 23.4 Å². The summed E-state index contributed by atoms with van der Waals surface area (Å²) in [5.41, 5.74) is 8.08. The molecule has 3 rings (SSSR count). The fourth-order valence-electron chi connectivity index (χ4n) is 2.59. The van der Waals surface area contributed by atoms with Gasteiger partial charge in [0.2, 0.25) is 0 Å². The summed E-state index contributed by atoms with van der Waals surface area (Å²) in [7, 11) is 3.96. The van der Waals surface area contributed by atoms with Crippen molar-refractivity contribution in [2.24, 2.45) is 5.73 Å². The molecule has 0 saturated heterocycles. The number of hydrogen-bond donors (Lipinski definition) is 1. The fourth-order valence-corrected chi connectivity index (χ4v) is 2.59. The summed E-state index contributed by atoms with van der Waals surface area (Å²) in [5.74, 6) is 0.443. The van der Waals surface area contributed by atoms with Crippen molar-refractivity contribution in [1.82, 2.24) is 19.3 Å². The van der Waals surface area contributed by atoms with E-state index in [1.807, 2.05) is 55.4 Å². The first-order valence-corrected chi connectivity index (χ1v) is 8.41. The molecule has 0 spiro atoms. The molecule has 0 saturated carbocycles. The Labute approximate surface area is 168 Å². The molecule has 9 heteroatoms. The van der Waals surface area contributed by atoms with Crippen LogP contribution in [-0.4, -0.2) is 40.0 Å². The summed E-state index contributed by atoms with van der Waals surface area (Å²) < 4.78 is 15.2. The first-order chi connectivity index (χ1) is 13.0. The Kier molecular flexibility index (Phi) is 7.08. The van der Waals surface area contributed by atoms with E-state index in [2.05, 4.69) is 10.1 Å². The topological polar surface area (TPSA) is 82.0 Å². The Bertz CT molecular complexity index is 1010. The molecule has 0 aliphatic carbocycles. The minimum absolute atomic E-state index is 0. The summed E-state index contributed by atoms with van der Waals surface area (Å²) >= 11 is 0. The molecule has 3 aromatic rings. The summed E-state index contributed by atoms with van der Waals surface area (Å²) in [4.78, 5) is 19.1. The molecule has 0 bridgehead atoms. The third kappa shape index (κ3) is 4.47. The number of nitrogens with zero attached hydrogens (tertiary/aromatic N) is 5. The van der Waals surface area contributed by atoms with E-state index in [-0.39, 0.29) is 31.1 Å². The molecule has 2 N–H and O–H groups in total. The molecule has 0 unspecified atom stereocenters. The van der Waals surface area contributed by atoms with Gasteiger partial charge in [0.1, 0.15) is 12.1 Å². The molecule has 0 aliphatic heterocycles. The lowest BCUT2D eigenvalue weighted by Gasteiger charge is -2.12. The zero-order chi connectivity index (χ0) is 19.4. The lowest BCUT2D eigenvalue weighted by atomic mass is 10.1. The number of nitrogens with two attached hydrogens (primary N) is 1. The van der Waals surface area contributed by atoms with Crippen molar-refractivity contribution in [3.8, 4) is 17.1 Å². The third-order valence-electron chi connectivity index (χ3n) is 4.16. The van der Waals surface area contributed by atoms with Crippen LogP contribution < -0.4 is 16.3 Å². The number of pyridine rings is 1. The van der Waals surface area contributed by atoms with Crippen molar-refractivity contribution in [3.63, 3.8) is 0 Å². The van der Waals surface area contributed by atoms with Crippen LogP contribution in [0.3, 0.4) is 0 Å². The SMILES string of the molecule is CN(C)c1ccc(-c2cccc(-n3cnn(C/C(=C/F)CN)c3=O)n2)cc1.Cl. The molecule has 7 nitrogen and oxygen atoms in total. The molecule has 0 aliphatic rings. The van der Waals surface area contributed by atoms with Gasteiger partial charge in [0.25, 0.3) is 0 Å². The van der Waals surface area contributed by atoms with Gasteiger partial charge in [-0.15, -0.1) is 12.4 Å². The lowest BCUT2D eigenvalue weighted by molar-refractivity contribution is 0.612. The van der Waals surface area contributed by atoms with E-state index < -0.39 is 5.69 Å². The van der Waals surface area contributed by atoms with Crippen LogP contribution in [0.15, 0.2) is 65.5 Å². The van der Waals surface area contributed by atoms with Crippen molar-refractivity contribution >= 4 is 18.1 Å². The van der Waals surface area contributed by atoms with Crippen LogP contribution >= 0.6 is 12.4 Å². The molecule has 1 aromatic carbocycles. The standard InChI is InChI=1S/C19H21FN6O.ClH/c1-24(2)16-8-6-15(7-9-16)17-4-3-5-18(23-17)25-13-22-26(19(25)27)12-14(10-20)11-21;/h3-10,13H,11-12,21H2,1-2H3;1H/b14-10+;. The quantitative estimate of drug-likeness (QED) is 0.682. The minimum atomic E-state index is -0.407. The molecule has 0 atom stereocenters. The van der Waals surface area contributed by atoms with E-state index >= 15 is 0 Å². The van der Waals surface area contributed by atoms with Gasteiger partial charge in [-0.1, -0.05) is 18.2 Å². The summed E-state index contributed by atoms with van der Waals surface area (Å²) in [6.45, 7) is 0.0248. The van der Waals surface area contributed by atoms with Crippen LogP contribution in [0.1, 0.15) is 0 Å². The number of aromatic nitrogens is 4. The monoisotopic (exact) mass is 404 g/mol. The largest absolute Gasteiger partial charge is 0.378 e. The van der Waals surface area contributed by atoms with Crippen LogP contribution in [0.4, 0.5) is 10.1 Å². The van der Waals surface area contributed by atoms with E-state index in [1.54, 1.807) is 6.07 Å². The third-order valence-corrected chi connectivity index (χ3v) is 4.16. The number of halogens is 2. The van der Waals surface area contributed by atoms with Gasteiger partial charge in [-0.05, 0) is 29.8 Å². The predicted molar refractivity (Wildman–Crippen MR) is 111 cm³/mol. The summed E-state index contributed by atoms with van der Waals surface area (Å²) in [6, 6.07) is 13.4. The number of rotatable bonds is 6. The lowest BCUT2D eigenvalue weighted by Crippen LogP contribution is -2.26. The van der Waals surface area contributed by atoms with Crippen molar-refractivity contribution in [2.75, 3.05) is 25.5 Å². The highest BCUT2D eigenvalue weighted by Crippen LogP contribution is 2.21. The van der Waals surface area contributed by atoms with Gasteiger partial charge in [0.15, 0.2) is 0 Å². The smallest absolute Gasteiger partial charge is 0.351 e. The first-order valence-electron chi connectivity index (χ1n) is 8.41. The van der Waals surface area contributed by atoms with Gasteiger partial charge in [0, 0.05) is 31.9 Å². The molecule has 28 heavy (non-hydrogen) atoms. The zero-order valence-electron chi connectivity index (χ0n) is 15.6. The van der Waals surface area contributed by atoms with E-state index in [0.29, 0.717) is 12.1 Å². The van der Waals surface area contributed by atoms with Crippen LogP contribution in [-0.2, 0) is 6.54 Å². The highest BCUT2D eigenvalue weighted by atomic mass is 35.5. The average molecular weight is 405 g/mol. The van der Waals surface area contributed by atoms with Crippen molar-refractivity contribution in [3.05, 3.63) is 71.2 Å². The van der Waals surface area contributed by atoms with Gasteiger partial charge in [-0.2, -0.15) is 5.10 Å². The minimum Gasteiger partial charge on any atom is -0.378 e. The van der Waals surface area contributed by atoms with Crippen LogP contribution in [0.2, 0.25) is 0 Å². The summed E-state index contributed by atoms with van der Waals surface area (Å²) in [5, 5.41) is 4.02. The molecule has 148 valence electrons. The molecule has 2 aromatic heterocycles. The highest BCUT2D eigenvalue weighted by molar-refractivity contribution is 5.85. The van der Waals surface area contributed by atoms with Crippen molar-refractivity contribution in [2.45, 2.75) is 6.54 Å². The number of hydrogen-bond acceptors (Lipinski definition) is 5. The normalized spacial score (nSPS) is 11.2. The van der Waals surface area contributed by atoms with Crippen molar-refractivity contribution < 1.29 is 4.39 Å². The van der Waals surface area contributed by atoms with Gasteiger partial charge in [-0.3, -0.25) is 0 Å². The van der Waals surface area contributed by atoms with E-state index in [4.69, 9.17) is 5.73 Å². The first kappa shape index (κ1) is 21.3. The van der Waals surface area contributed by atoms with E-state index in [9.17, 15) is 9.18 Å². The summed E-state index contributed by atoms with van der Waals surface area (Å²) in [6.07, 6.45) is 1.78. The van der Waals surface area contributed by atoms with Gasteiger partial charge >= 0.3 is 5.69 Å². The van der Waals surface area contributed by atoms with Crippen LogP contribution in [0, 0.1) is 0 Å². The Balaban J connectivity index is 0.00000280. The second-order valence-corrected chi connectivity index (χ2v) is 6.23. The second-order valence-electron chi connectivity index (χ2n) is 6.23. The zero-order valence-corrected chi connectivity index (χ0v) is 16.4. The average Bonchev–Trinajstić information content (AvgIpc) is 3.06. The molecule has 2 heterocycles. The van der Waals surface area contributed by atoms with Crippen LogP contribution in [0.5, 0.6) is 0 Å². The molecule has 0 amide bonds. The van der Waals surface area contributed by atoms with E-state index in [1.165, 1.54) is 10.9 Å².